The summed E-state index contributed by atoms with van der Waals surface area (Å²) in [6, 6.07) is -0.174. The van der Waals surface area contributed by atoms with Crippen LogP contribution in [0.25, 0.3) is 0 Å². The number of ether oxygens (including phenoxy) is 1. The zero-order valence-electron chi connectivity index (χ0n) is 12.1. The highest BCUT2D eigenvalue weighted by Gasteiger charge is 2.29. The van der Waals surface area contributed by atoms with Gasteiger partial charge in [0, 0.05) is 12.6 Å². The Kier molecular flexibility index (Phi) is 4.96. The molecule has 9 heteroatoms. The molecule has 1 aliphatic rings. The molecule has 21 heavy (non-hydrogen) atoms. The first-order valence-corrected chi connectivity index (χ1v) is 8.33. The SMILES string of the molecule is CCOC(=O)c1cn[nH]c1S(=O)(=O)NC1CCCN(C)C1. The van der Waals surface area contributed by atoms with E-state index in [1.807, 2.05) is 7.05 Å². The molecule has 8 nitrogen and oxygen atoms in total. The highest BCUT2D eigenvalue weighted by molar-refractivity contribution is 7.89. The Balaban J connectivity index is 2.16. The summed E-state index contributed by atoms with van der Waals surface area (Å²) in [7, 11) is -1.88. The number of piperidine rings is 1. The molecule has 1 atom stereocenters. The molecule has 0 bridgehead atoms. The summed E-state index contributed by atoms with van der Waals surface area (Å²) < 4.78 is 32.2. The highest BCUT2D eigenvalue weighted by Crippen LogP contribution is 2.16. The number of carbonyl (C=O) groups excluding carboxylic acids is 1. The average Bonchev–Trinajstić information content (AvgIpc) is 2.88. The summed E-state index contributed by atoms with van der Waals surface area (Å²) in [6.45, 7) is 3.42. The van der Waals surface area contributed by atoms with E-state index in [1.54, 1.807) is 6.92 Å². The molecule has 0 radical (unpaired) electrons. The fourth-order valence-corrected chi connectivity index (χ4v) is 3.72. The third-order valence-electron chi connectivity index (χ3n) is 3.31. The molecular weight excluding hydrogens is 296 g/mol. The van der Waals surface area contributed by atoms with Gasteiger partial charge in [-0.05, 0) is 33.4 Å². The molecule has 1 fully saturated rings. The molecule has 0 spiro atoms. The van der Waals surface area contributed by atoms with Gasteiger partial charge in [-0.1, -0.05) is 0 Å². The molecule has 2 rings (SSSR count). The Bertz CT molecular complexity index is 598. The van der Waals surface area contributed by atoms with E-state index in [4.69, 9.17) is 4.74 Å². The van der Waals surface area contributed by atoms with Gasteiger partial charge in [0.15, 0.2) is 5.03 Å². The van der Waals surface area contributed by atoms with E-state index in [1.165, 1.54) is 6.20 Å². The maximum atomic E-state index is 12.4. The van der Waals surface area contributed by atoms with Crippen molar-refractivity contribution in [3.63, 3.8) is 0 Å². The number of likely N-dealkylation sites (N-methyl/N-ethyl adjacent to an activating group) is 1. The van der Waals surface area contributed by atoms with Crippen LogP contribution in [0, 0.1) is 0 Å². The van der Waals surface area contributed by atoms with Crippen LogP contribution >= 0.6 is 0 Å². The number of hydrogen-bond donors (Lipinski definition) is 2. The van der Waals surface area contributed by atoms with E-state index < -0.39 is 16.0 Å². The zero-order valence-corrected chi connectivity index (χ0v) is 12.9. The molecule has 2 N–H and O–H groups in total. The predicted molar refractivity (Wildman–Crippen MR) is 75.4 cm³/mol. The third-order valence-corrected chi connectivity index (χ3v) is 4.81. The number of hydrogen-bond acceptors (Lipinski definition) is 6. The highest BCUT2D eigenvalue weighted by atomic mass is 32.2. The summed E-state index contributed by atoms with van der Waals surface area (Å²) in [5, 5.41) is 5.77. The first kappa shape index (κ1) is 15.9. The van der Waals surface area contributed by atoms with Crippen LogP contribution in [0.5, 0.6) is 0 Å². The lowest BCUT2D eigenvalue weighted by molar-refractivity contribution is 0.0521. The number of nitrogens with one attached hydrogen (secondary N) is 2. The molecule has 1 unspecified atom stereocenters. The van der Waals surface area contributed by atoms with Crippen LogP contribution in [0.3, 0.4) is 0 Å². The summed E-state index contributed by atoms with van der Waals surface area (Å²) in [4.78, 5) is 13.8. The minimum Gasteiger partial charge on any atom is -0.462 e. The Morgan fingerprint density at radius 1 is 1.62 bits per heavy atom. The van der Waals surface area contributed by atoms with Crippen molar-refractivity contribution in [2.24, 2.45) is 0 Å². The molecule has 118 valence electrons. The van der Waals surface area contributed by atoms with Gasteiger partial charge in [-0.15, -0.1) is 0 Å². The maximum Gasteiger partial charge on any atom is 0.342 e. The van der Waals surface area contributed by atoms with Crippen molar-refractivity contribution in [2.75, 3.05) is 26.7 Å². The second-order valence-electron chi connectivity index (χ2n) is 5.06. The quantitative estimate of drug-likeness (QED) is 0.739. The normalized spacial score (nSPS) is 20.4. The average molecular weight is 316 g/mol. The molecule has 0 amide bonds. The van der Waals surface area contributed by atoms with Crippen molar-refractivity contribution >= 4 is 16.0 Å². The van der Waals surface area contributed by atoms with E-state index in [2.05, 4.69) is 19.8 Å². The number of carbonyl (C=O) groups is 1. The Labute approximate surface area is 123 Å². The van der Waals surface area contributed by atoms with Gasteiger partial charge in [0.2, 0.25) is 0 Å². The number of rotatable bonds is 5. The van der Waals surface area contributed by atoms with E-state index in [-0.39, 0.29) is 23.2 Å². The maximum absolute atomic E-state index is 12.4. The van der Waals surface area contributed by atoms with Crippen molar-refractivity contribution < 1.29 is 17.9 Å². The standard InChI is InChI=1S/C12H20N4O4S/c1-3-20-12(17)10-7-13-14-11(10)21(18,19)15-9-5-4-6-16(2)8-9/h7,9,15H,3-6,8H2,1-2H3,(H,13,14). The first-order chi connectivity index (χ1) is 9.94. The summed E-state index contributed by atoms with van der Waals surface area (Å²) in [6.07, 6.45) is 2.86. The van der Waals surface area contributed by atoms with Crippen LogP contribution in [0.2, 0.25) is 0 Å². The molecule has 2 heterocycles. The number of H-pyrrole nitrogens is 1. The number of nitrogens with zero attached hydrogens (tertiary/aromatic N) is 2. The second-order valence-corrected chi connectivity index (χ2v) is 6.71. The molecule has 1 aliphatic heterocycles. The number of aromatic amines is 1. The number of esters is 1. The monoisotopic (exact) mass is 316 g/mol. The lowest BCUT2D eigenvalue weighted by Crippen LogP contribution is -2.46. The van der Waals surface area contributed by atoms with Crippen molar-refractivity contribution in [3.05, 3.63) is 11.8 Å². The van der Waals surface area contributed by atoms with Gasteiger partial charge in [-0.25, -0.2) is 17.9 Å². The Morgan fingerprint density at radius 3 is 3.05 bits per heavy atom. The molecule has 0 aliphatic carbocycles. The lowest BCUT2D eigenvalue weighted by atomic mass is 10.1. The number of sulfonamides is 1. The van der Waals surface area contributed by atoms with Crippen LogP contribution in [-0.4, -0.2) is 62.3 Å². The largest absolute Gasteiger partial charge is 0.462 e. The van der Waals surface area contributed by atoms with Crippen LogP contribution in [0.15, 0.2) is 11.2 Å². The molecule has 1 saturated heterocycles. The Morgan fingerprint density at radius 2 is 2.38 bits per heavy atom. The van der Waals surface area contributed by atoms with Crippen LogP contribution in [0.4, 0.5) is 0 Å². The molecular formula is C12H20N4O4S. The van der Waals surface area contributed by atoms with E-state index in [9.17, 15) is 13.2 Å². The van der Waals surface area contributed by atoms with Gasteiger partial charge < -0.3 is 9.64 Å². The summed E-state index contributed by atoms with van der Waals surface area (Å²) in [5.41, 5.74) is -0.0754. The van der Waals surface area contributed by atoms with E-state index in [0.29, 0.717) is 6.54 Å². The van der Waals surface area contributed by atoms with E-state index in [0.717, 1.165) is 19.4 Å². The molecule has 1 aromatic rings. The predicted octanol–water partition coefficient (Wildman–Crippen LogP) is -0.0411. The van der Waals surface area contributed by atoms with Crippen molar-refractivity contribution in [1.29, 1.82) is 0 Å². The van der Waals surface area contributed by atoms with Gasteiger partial charge in [0.05, 0.1) is 12.8 Å². The minimum atomic E-state index is -3.83. The van der Waals surface area contributed by atoms with Crippen LogP contribution < -0.4 is 4.72 Å². The van der Waals surface area contributed by atoms with Crippen molar-refractivity contribution in [3.8, 4) is 0 Å². The number of likely N-dealkylation sites (tertiary alicyclic amines) is 1. The smallest absolute Gasteiger partial charge is 0.342 e. The summed E-state index contributed by atoms with van der Waals surface area (Å²) in [5.74, 6) is -0.701. The lowest BCUT2D eigenvalue weighted by Gasteiger charge is -2.29. The van der Waals surface area contributed by atoms with Gasteiger partial charge in [0.25, 0.3) is 10.0 Å². The van der Waals surface area contributed by atoms with E-state index >= 15 is 0 Å². The Hall–Kier alpha value is -1.45. The first-order valence-electron chi connectivity index (χ1n) is 6.85. The van der Waals surface area contributed by atoms with Gasteiger partial charge >= 0.3 is 5.97 Å². The molecule has 0 aromatic carbocycles. The zero-order chi connectivity index (χ0) is 15.5. The van der Waals surface area contributed by atoms with Crippen molar-refractivity contribution in [1.82, 2.24) is 19.8 Å². The van der Waals surface area contributed by atoms with Gasteiger partial charge in [-0.2, -0.15) is 5.10 Å². The van der Waals surface area contributed by atoms with Crippen LogP contribution in [0.1, 0.15) is 30.1 Å². The topological polar surface area (TPSA) is 104 Å². The fraction of sp³-hybridized carbons (Fsp3) is 0.667. The van der Waals surface area contributed by atoms with Crippen LogP contribution in [-0.2, 0) is 14.8 Å². The molecule has 0 saturated carbocycles. The van der Waals surface area contributed by atoms with Gasteiger partial charge in [-0.3, -0.25) is 5.10 Å². The summed E-state index contributed by atoms with van der Waals surface area (Å²) >= 11 is 0. The minimum absolute atomic E-state index is 0.0754. The second kappa shape index (κ2) is 6.54. The number of aromatic nitrogens is 2. The fourth-order valence-electron chi connectivity index (χ4n) is 2.37. The van der Waals surface area contributed by atoms with Crippen molar-refractivity contribution in [2.45, 2.75) is 30.8 Å². The van der Waals surface area contributed by atoms with Gasteiger partial charge in [0.1, 0.15) is 5.56 Å². The molecule has 1 aromatic heterocycles. The third kappa shape index (κ3) is 3.80.